The van der Waals surface area contributed by atoms with E-state index in [0.29, 0.717) is 31.9 Å². The van der Waals surface area contributed by atoms with Gasteiger partial charge in [-0.15, -0.1) is 0 Å². The van der Waals surface area contributed by atoms with E-state index >= 15 is 0 Å². The van der Waals surface area contributed by atoms with E-state index in [2.05, 4.69) is 28.4 Å². The predicted octanol–water partition coefficient (Wildman–Crippen LogP) is 4.78. The Balaban J connectivity index is 0.00000216. The summed E-state index contributed by atoms with van der Waals surface area (Å²) in [4.78, 5) is 29.9. The Morgan fingerprint density at radius 1 is 1.10 bits per heavy atom. The van der Waals surface area contributed by atoms with E-state index in [9.17, 15) is 14.7 Å². The van der Waals surface area contributed by atoms with Crippen LogP contribution in [0.25, 0.3) is 0 Å². The second kappa shape index (κ2) is 15.2. The van der Waals surface area contributed by atoms with Gasteiger partial charge in [0.2, 0.25) is 0 Å². The largest absolute Gasteiger partial charge is 0.444 e. The second-order valence-electron chi connectivity index (χ2n) is 11.3. The fraction of sp³-hybridized carbons (Fsp3) is 0.562. The summed E-state index contributed by atoms with van der Waals surface area (Å²) in [7, 11) is 0. The van der Waals surface area contributed by atoms with Crippen LogP contribution in [0.5, 0.6) is 0 Å². The van der Waals surface area contributed by atoms with Crippen LogP contribution >= 0.6 is 0 Å². The Kier molecular flexibility index (Phi) is 12.0. The van der Waals surface area contributed by atoms with Gasteiger partial charge in [0.05, 0.1) is 6.10 Å². The SMILES string of the molecule is CC.CC(C)(C)OC(=O)N(Cc1cccc(C(=O)NCC(O)CN2CCc3ccccc3C2)c1)C1CCOCC1. The molecular weight excluding hydrogens is 506 g/mol. The summed E-state index contributed by atoms with van der Waals surface area (Å²) in [5.41, 5.74) is 3.42. The quantitative estimate of drug-likeness (QED) is 0.489. The molecule has 0 radical (unpaired) electrons. The number of ether oxygens (including phenoxy) is 2. The fourth-order valence-electron chi connectivity index (χ4n) is 5.05. The number of hydrogen-bond donors (Lipinski definition) is 2. The third-order valence-corrected chi connectivity index (χ3v) is 6.98. The number of fused-ring (bicyclic) bond motifs is 1. The minimum Gasteiger partial charge on any atom is -0.444 e. The standard InChI is InChI=1S/C30H41N3O5.C2H6/c1-30(2,3)38-29(36)33(26-12-15-37-16-13-26)19-22-7-6-10-24(17-22)28(35)31-18-27(34)21-32-14-11-23-8-4-5-9-25(23)20-32;1-2/h4-10,17,26-27,34H,11-16,18-21H2,1-3H3,(H,31,35);1-2H3. The van der Waals surface area contributed by atoms with E-state index in [4.69, 9.17) is 9.47 Å². The molecule has 40 heavy (non-hydrogen) atoms. The molecule has 4 rings (SSSR count). The lowest BCUT2D eigenvalue weighted by atomic mass is 10.00. The molecule has 1 fully saturated rings. The molecule has 2 amide bonds. The molecule has 1 saturated heterocycles. The molecule has 220 valence electrons. The van der Waals surface area contributed by atoms with Crippen LogP contribution in [0.4, 0.5) is 4.79 Å². The average molecular weight is 554 g/mol. The zero-order valence-corrected chi connectivity index (χ0v) is 24.8. The van der Waals surface area contributed by atoms with Crippen molar-refractivity contribution in [3.8, 4) is 0 Å². The molecule has 1 atom stereocenters. The van der Waals surface area contributed by atoms with Crippen LogP contribution in [-0.4, -0.2) is 77.5 Å². The van der Waals surface area contributed by atoms with Crippen LogP contribution in [0.3, 0.4) is 0 Å². The minimum atomic E-state index is -0.663. The smallest absolute Gasteiger partial charge is 0.410 e. The summed E-state index contributed by atoms with van der Waals surface area (Å²) < 4.78 is 11.2. The van der Waals surface area contributed by atoms with E-state index in [-0.39, 0.29) is 24.6 Å². The van der Waals surface area contributed by atoms with Gasteiger partial charge in [-0.3, -0.25) is 9.69 Å². The number of carbonyl (C=O) groups excluding carboxylic acids is 2. The van der Waals surface area contributed by atoms with Crippen molar-refractivity contribution in [3.05, 3.63) is 70.8 Å². The number of β-amino-alcohol motifs (C(OH)–C–C–N with tert-alkyl or cyclic N) is 1. The Labute approximate surface area is 239 Å². The van der Waals surface area contributed by atoms with Crippen molar-refractivity contribution >= 4 is 12.0 Å². The zero-order chi connectivity index (χ0) is 29.1. The molecular formula is C32H47N3O5. The Hall–Kier alpha value is -2.94. The molecule has 0 spiro atoms. The highest BCUT2D eigenvalue weighted by atomic mass is 16.6. The first-order valence-corrected chi connectivity index (χ1v) is 14.6. The van der Waals surface area contributed by atoms with E-state index < -0.39 is 11.7 Å². The molecule has 0 bridgehead atoms. The highest BCUT2D eigenvalue weighted by Gasteiger charge is 2.30. The maximum atomic E-state index is 13.0. The third-order valence-electron chi connectivity index (χ3n) is 6.98. The Morgan fingerprint density at radius 2 is 1.80 bits per heavy atom. The van der Waals surface area contributed by atoms with E-state index in [1.807, 2.05) is 52.8 Å². The molecule has 0 aliphatic carbocycles. The van der Waals surface area contributed by atoms with Crippen molar-refractivity contribution in [1.82, 2.24) is 15.1 Å². The van der Waals surface area contributed by atoms with Gasteiger partial charge < -0.3 is 24.8 Å². The van der Waals surface area contributed by atoms with Gasteiger partial charge in [-0.1, -0.05) is 50.2 Å². The lowest BCUT2D eigenvalue weighted by Crippen LogP contribution is -2.45. The first-order chi connectivity index (χ1) is 19.2. The topological polar surface area (TPSA) is 91.3 Å². The lowest BCUT2D eigenvalue weighted by Gasteiger charge is -2.35. The fourth-order valence-corrected chi connectivity index (χ4v) is 5.05. The van der Waals surface area contributed by atoms with Crippen molar-refractivity contribution in [2.24, 2.45) is 0 Å². The maximum Gasteiger partial charge on any atom is 0.410 e. The van der Waals surface area contributed by atoms with Crippen molar-refractivity contribution in [2.75, 3.05) is 32.8 Å². The lowest BCUT2D eigenvalue weighted by molar-refractivity contribution is -0.00809. The van der Waals surface area contributed by atoms with Gasteiger partial charge in [0.1, 0.15) is 5.60 Å². The van der Waals surface area contributed by atoms with Crippen LogP contribution in [0, 0.1) is 0 Å². The molecule has 8 heteroatoms. The summed E-state index contributed by atoms with van der Waals surface area (Å²) in [6.07, 6.45) is 1.45. The van der Waals surface area contributed by atoms with Crippen LogP contribution in [-0.2, 0) is 29.0 Å². The molecule has 0 aromatic heterocycles. The Bertz CT molecular complexity index is 1090. The summed E-state index contributed by atoms with van der Waals surface area (Å²) >= 11 is 0. The molecule has 2 heterocycles. The molecule has 2 aromatic rings. The van der Waals surface area contributed by atoms with Gasteiger partial charge in [-0.2, -0.15) is 0 Å². The van der Waals surface area contributed by atoms with E-state index in [0.717, 1.165) is 37.9 Å². The second-order valence-corrected chi connectivity index (χ2v) is 11.3. The summed E-state index contributed by atoms with van der Waals surface area (Å²) in [5.74, 6) is -0.246. The number of benzene rings is 2. The first-order valence-electron chi connectivity index (χ1n) is 14.6. The monoisotopic (exact) mass is 553 g/mol. The normalized spacial score (nSPS) is 16.6. The minimum absolute atomic E-state index is 0.0213. The molecule has 2 aliphatic heterocycles. The maximum absolute atomic E-state index is 13.0. The Morgan fingerprint density at radius 3 is 2.50 bits per heavy atom. The number of carbonyl (C=O) groups is 2. The first kappa shape index (κ1) is 31.6. The number of nitrogens with one attached hydrogen (secondary N) is 1. The average Bonchev–Trinajstić information content (AvgIpc) is 2.95. The van der Waals surface area contributed by atoms with Gasteiger partial charge in [0.15, 0.2) is 0 Å². The number of amides is 2. The van der Waals surface area contributed by atoms with Crippen LogP contribution in [0.1, 0.15) is 74.5 Å². The van der Waals surface area contributed by atoms with Crippen molar-refractivity contribution in [1.29, 1.82) is 0 Å². The summed E-state index contributed by atoms with van der Waals surface area (Å²) in [5, 5.41) is 13.5. The predicted molar refractivity (Wildman–Crippen MR) is 157 cm³/mol. The molecule has 2 N–H and O–H groups in total. The number of nitrogens with zero attached hydrogens (tertiary/aromatic N) is 2. The highest BCUT2D eigenvalue weighted by Crippen LogP contribution is 2.22. The number of aliphatic hydroxyl groups is 1. The van der Waals surface area contributed by atoms with Gasteiger partial charge in [-0.05, 0) is 68.9 Å². The van der Waals surface area contributed by atoms with E-state index in [1.54, 1.807) is 17.0 Å². The number of hydrogen-bond acceptors (Lipinski definition) is 6. The molecule has 2 aliphatic rings. The van der Waals surface area contributed by atoms with Crippen molar-refractivity contribution < 1.29 is 24.2 Å². The highest BCUT2D eigenvalue weighted by molar-refractivity contribution is 5.94. The van der Waals surface area contributed by atoms with Crippen LogP contribution in [0.2, 0.25) is 0 Å². The summed E-state index contributed by atoms with van der Waals surface area (Å²) in [6, 6.07) is 15.7. The molecule has 8 nitrogen and oxygen atoms in total. The molecule has 0 saturated carbocycles. The van der Waals surface area contributed by atoms with E-state index in [1.165, 1.54) is 11.1 Å². The molecule has 1 unspecified atom stereocenters. The number of aliphatic hydroxyl groups excluding tert-OH is 1. The zero-order valence-electron chi connectivity index (χ0n) is 24.8. The van der Waals surface area contributed by atoms with Gasteiger partial charge in [0.25, 0.3) is 5.91 Å². The third kappa shape index (κ3) is 9.61. The molecule has 2 aromatic carbocycles. The number of rotatable bonds is 8. The summed E-state index contributed by atoms with van der Waals surface area (Å²) in [6.45, 7) is 13.5. The van der Waals surface area contributed by atoms with Crippen molar-refractivity contribution in [2.45, 2.75) is 84.7 Å². The van der Waals surface area contributed by atoms with Gasteiger partial charge >= 0.3 is 6.09 Å². The van der Waals surface area contributed by atoms with Crippen LogP contribution < -0.4 is 5.32 Å². The van der Waals surface area contributed by atoms with Crippen LogP contribution in [0.15, 0.2) is 48.5 Å². The van der Waals surface area contributed by atoms with Crippen molar-refractivity contribution in [3.63, 3.8) is 0 Å². The van der Waals surface area contributed by atoms with Gasteiger partial charge in [-0.25, -0.2) is 4.79 Å². The van der Waals surface area contributed by atoms with Gasteiger partial charge in [0, 0.05) is 57.5 Å².